The molecule has 0 bridgehead atoms. The lowest BCUT2D eigenvalue weighted by molar-refractivity contribution is -0.122. The van der Waals surface area contributed by atoms with Crippen LogP contribution in [0.5, 0.6) is 0 Å². The molecule has 3 rings (SSSR count). The van der Waals surface area contributed by atoms with Gasteiger partial charge in [-0.05, 0) is 36.2 Å². The zero-order chi connectivity index (χ0) is 15.5. The van der Waals surface area contributed by atoms with Gasteiger partial charge < -0.3 is 9.88 Å². The van der Waals surface area contributed by atoms with Crippen molar-refractivity contribution in [3.05, 3.63) is 63.5 Å². The van der Waals surface area contributed by atoms with Crippen LogP contribution in [-0.2, 0) is 11.3 Å². The molecule has 2 heterocycles. The van der Waals surface area contributed by atoms with Crippen LogP contribution in [-0.4, -0.2) is 16.2 Å². The minimum absolute atomic E-state index is 0.0270. The third kappa shape index (κ3) is 3.36. The van der Waals surface area contributed by atoms with Crippen LogP contribution in [0.1, 0.15) is 18.0 Å². The van der Waals surface area contributed by atoms with Crippen LogP contribution in [0.4, 0.5) is 0 Å². The highest BCUT2D eigenvalue weighted by Gasteiger charge is 2.22. The molecular formula is C16H15ClN2O2S. The number of nitrogens with one attached hydrogen (secondary N) is 1. The van der Waals surface area contributed by atoms with E-state index in [-0.39, 0.29) is 24.1 Å². The van der Waals surface area contributed by atoms with E-state index in [0.29, 0.717) is 5.02 Å². The maximum Gasteiger partial charge on any atom is 0.250 e. The predicted molar refractivity (Wildman–Crippen MR) is 88.4 cm³/mol. The van der Waals surface area contributed by atoms with Gasteiger partial charge in [0, 0.05) is 27.9 Å². The van der Waals surface area contributed by atoms with E-state index in [1.807, 2.05) is 18.2 Å². The summed E-state index contributed by atoms with van der Waals surface area (Å²) in [6, 6.07) is 10.5. The van der Waals surface area contributed by atoms with E-state index in [1.54, 1.807) is 30.1 Å². The highest BCUT2D eigenvalue weighted by molar-refractivity contribution is 7.99. The second-order valence-corrected chi connectivity index (χ2v) is 6.68. The van der Waals surface area contributed by atoms with Gasteiger partial charge >= 0.3 is 0 Å². The molecule has 2 aromatic rings. The fourth-order valence-electron chi connectivity index (χ4n) is 2.50. The van der Waals surface area contributed by atoms with Gasteiger partial charge in [0.1, 0.15) is 6.54 Å². The number of nitrogens with zero attached hydrogens (tertiary/aromatic N) is 1. The molecule has 1 aromatic heterocycles. The summed E-state index contributed by atoms with van der Waals surface area (Å²) in [7, 11) is 0. The van der Waals surface area contributed by atoms with E-state index in [0.717, 1.165) is 22.6 Å². The predicted octanol–water partition coefficient (Wildman–Crippen LogP) is 2.86. The van der Waals surface area contributed by atoms with Crippen LogP contribution >= 0.6 is 23.4 Å². The van der Waals surface area contributed by atoms with Gasteiger partial charge in [0.2, 0.25) is 5.91 Å². The summed E-state index contributed by atoms with van der Waals surface area (Å²) in [5.41, 5.74) is 0.873. The SMILES string of the molecule is O=C(Cn1ccccc1=O)NC1CCSc2ccc(Cl)cc21. The number of pyridine rings is 1. The molecule has 0 spiro atoms. The Balaban J connectivity index is 1.74. The zero-order valence-corrected chi connectivity index (χ0v) is 13.4. The molecule has 114 valence electrons. The summed E-state index contributed by atoms with van der Waals surface area (Å²) < 4.78 is 1.39. The molecule has 4 nitrogen and oxygen atoms in total. The van der Waals surface area contributed by atoms with Crippen molar-refractivity contribution in [3.8, 4) is 0 Å². The van der Waals surface area contributed by atoms with E-state index in [2.05, 4.69) is 5.32 Å². The Labute approximate surface area is 137 Å². The van der Waals surface area contributed by atoms with E-state index in [1.165, 1.54) is 10.6 Å². The highest BCUT2D eigenvalue weighted by atomic mass is 35.5. The van der Waals surface area contributed by atoms with Gasteiger partial charge in [-0.1, -0.05) is 17.7 Å². The van der Waals surface area contributed by atoms with Crippen LogP contribution in [0.2, 0.25) is 5.02 Å². The highest BCUT2D eigenvalue weighted by Crippen LogP contribution is 2.37. The number of rotatable bonds is 3. The van der Waals surface area contributed by atoms with Crippen LogP contribution < -0.4 is 10.9 Å². The standard InChI is InChI=1S/C16H15ClN2O2S/c17-11-4-5-14-12(9-11)13(6-8-22-14)18-15(20)10-19-7-2-1-3-16(19)21/h1-5,7,9,13H,6,8,10H2,(H,18,20). The first kappa shape index (κ1) is 15.2. The largest absolute Gasteiger partial charge is 0.348 e. The van der Waals surface area contributed by atoms with Gasteiger partial charge in [-0.3, -0.25) is 9.59 Å². The zero-order valence-electron chi connectivity index (χ0n) is 11.8. The average molecular weight is 335 g/mol. The van der Waals surface area contributed by atoms with Crippen molar-refractivity contribution in [2.75, 3.05) is 5.75 Å². The number of carbonyl (C=O) groups excluding carboxylic acids is 1. The molecule has 1 aliphatic heterocycles. The Morgan fingerprint density at radius 1 is 1.36 bits per heavy atom. The lowest BCUT2D eigenvalue weighted by Crippen LogP contribution is -2.35. The number of thioether (sulfide) groups is 1. The number of hydrogen-bond acceptors (Lipinski definition) is 3. The molecule has 1 N–H and O–H groups in total. The van der Waals surface area contributed by atoms with Crippen LogP contribution in [0.25, 0.3) is 0 Å². The number of carbonyl (C=O) groups is 1. The van der Waals surface area contributed by atoms with Gasteiger partial charge in [0.05, 0.1) is 6.04 Å². The van der Waals surface area contributed by atoms with Gasteiger partial charge in [-0.25, -0.2) is 0 Å². The smallest absolute Gasteiger partial charge is 0.250 e. The molecule has 0 radical (unpaired) electrons. The molecule has 1 atom stereocenters. The van der Waals surface area contributed by atoms with Crippen molar-refractivity contribution >= 4 is 29.3 Å². The van der Waals surface area contributed by atoms with Gasteiger partial charge in [-0.15, -0.1) is 11.8 Å². The van der Waals surface area contributed by atoms with E-state index in [4.69, 9.17) is 11.6 Å². The minimum Gasteiger partial charge on any atom is -0.348 e. The van der Waals surface area contributed by atoms with Crippen molar-refractivity contribution in [1.29, 1.82) is 0 Å². The molecule has 6 heteroatoms. The fraction of sp³-hybridized carbons (Fsp3) is 0.250. The van der Waals surface area contributed by atoms with Crippen molar-refractivity contribution in [2.45, 2.75) is 23.9 Å². The molecule has 0 saturated heterocycles. The van der Waals surface area contributed by atoms with Crippen LogP contribution in [0, 0.1) is 0 Å². The summed E-state index contributed by atoms with van der Waals surface area (Å²) >= 11 is 7.83. The number of aromatic nitrogens is 1. The Bertz CT molecular complexity index is 760. The minimum atomic E-state index is -0.180. The van der Waals surface area contributed by atoms with Crippen molar-refractivity contribution < 1.29 is 4.79 Å². The summed E-state index contributed by atoms with van der Waals surface area (Å²) in [5, 5.41) is 3.67. The molecule has 22 heavy (non-hydrogen) atoms. The first-order valence-corrected chi connectivity index (χ1v) is 8.37. The maximum atomic E-state index is 12.2. The second kappa shape index (κ2) is 6.58. The maximum absolute atomic E-state index is 12.2. The lowest BCUT2D eigenvalue weighted by Gasteiger charge is -2.26. The molecule has 0 saturated carbocycles. The molecule has 1 aromatic carbocycles. The number of fused-ring (bicyclic) bond motifs is 1. The Kier molecular flexibility index (Phi) is 4.55. The third-order valence-electron chi connectivity index (χ3n) is 3.56. The molecule has 0 fully saturated rings. The van der Waals surface area contributed by atoms with Gasteiger partial charge in [-0.2, -0.15) is 0 Å². The van der Waals surface area contributed by atoms with Gasteiger partial charge in [0.25, 0.3) is 5.56 Å². The molecule has 1 aliphatic rings. The monoisotopic (exact) mass is 334 g/mol. The Morgan fingerprint density at radius 3 is 3.05 bits per heavy atom. The first-order chi connectivity index (χ1) is 10.6. The van der Waals surface area contributed by atoms with E-state index < -0.39 is 0 Å². The molecule has 0 aliphatic carbocycles. The summed E-state index contributed by atoms with van der Waals surface area (Å²) in [4.78, 5) is 25.0. The van der Waals surface area contributed by atoms with E-state index >= 15 is 0 Å². The Hall–Kier alpha value is -1.72. The lowest BCUT2D eigenvalue weighted by atomic mass is 10.0. The third-order valence-corrected chi connectivity index (χ3v) is 4.92. The second-order valence-electron chi connectivity index (χ2n) is 5.11. The average Bonchev–Trinajstić information content (AvgIpc) is 2.50. The first-order valence-electron chi connectivity index (χ1n) is 7.00. The van der Waals surface area contributed by atoms with Gasteiger partial charge in [0.15, 0.2) is 0 Å². The Morgan fingerprint density at radius 2 is 2.23 bits per heavy atom. The quantitative estimate of drug-likeness (QED) is 0.939. The molecule has 1 unspecified atom stereocenters. The number of amides is 1. The van der Waals surface area contributed by atoms with Crippen molar-refractivity contribution in [3.63, 3.8) is 0 Å². The van der Waals surface area contributed by atoms with Crippen molar-refractivity contribution in [2.24, 2.45) is 0 Å². The van der Waals surface area contributed by atoms with E-state index in [9.17, 15) is 9.59 Å². The normalized spacial score (nSPS) is 16.9. The number of halogens is 1. The number of benzene rings is 1. The summed E-state index contributed by atoms with van der Waals surface area (Å²) in [6.07, 6.45) is 2.47. The summed E-state index contributed by atoms with van der Waals surface area (Å²) in [5.74, 6) is 0.779. The van der Waals surface area contributed by atoms with Crippen LogP contribution in [0.15, 0.2) is 52.3 Å². The van der Waals surface area contributed by atoms with Crippen molar-refractivity contribution in [1.82, 2.24) is 9.88 Å². The topological polar surface area (TPSA) is 51.1 Å². The summed E-state index contributed by atoms with van der Waals surface area (Å²) in [6.45, 7) is 0.0270. The molecule has 1 amide bonds. The van der Waals surface area contributed by atoms with Crippen LogP contribution in [0.3, 0.4) is 0 Å². The molecular weight excluding hydrogens is 320 g/mol. The number of hydrogen-bond donors (Lipinski definition) is 1. The fourth-order valence-corrected chi connectivity index (χ4v) is 3.79.